The first-order valence-corrected chi connectivity index (χ1v) is 29.8. The molecule has 0 radical (unpaired) electrons. The van der Waals surface area contributed by atoms with Crippen LogP contribution in [-0.4, -0.2) is 16.7 Å². The van der Waals surface area contributed by atoms with Gasteiger partial charge in [0, 0.05) is 50.8 Å². The van der Waals surface area contributed by atoms with Crippen molar-refractivity contribution in [3.8, 4) is 101 Å². The van der Waals surface area contributed by atoms with Crippen molar-refractivity contribution in [2.75, 3.05) is 9.80 Å². The fourth-order valence-corrected chi connectivity index (χ4v) is 13.1. The summed E-state index contributed by atoms with van der Waals surface area (Å²) in [6, 6.07) is 121. The zero-order valence-corrected chi connectivity index (χ0v) is 47.6. The average Bonchev–Trinajstić information content (AvgIpc) is 0.753. The molecule has 13 aromatic carbocycles. The fraction of sp³-hybridized carbons (Fsp3) is 0. The molecule has 0 amide bonds. The largest absolute Gasteiger partial charge is 0.311 e. The lowest BCUT2D eigenvalue weighted by Crippen LogP contribution is -2.61. The molecule has 0 aliphatic carbocycles. The van der Waals surface area contributed by atoms with Gasteiger partial charge in [-0.25, -0.2) is 9.97 Å². The number of aromatic nitrogens is 2. The van der Waals surface area contributed by atoms with Crippen LogP contribution in [0.5, 0.6) is 0 Å². The fourth-order valence-electron chi connectivity index (χ4n) is 13.1. The van der Waals surface area contributed by atoms with E-state index in [1.807, 2.05) is 0 Å². The minimum atomic E-state index is -0.0677. The van der Waals surface area contributed by atoms with Crippen LogP contribution in [0.4, 0.5) is 34.1 Å². The summed E-state index contributed by atoms with van der Waals surface area (Å²) in [5, 5.41) is 0. The molecule has 0 fully saturated rings. The van der Waals surface area contributed by atoms with Crippen LogP contribution in [0.3, 0.4) is 0 Å². The maximum atomic E-state index is 5.82. The molecule has 0 saturated carbocycles. The molecule has 16 rings (SSSR count). The molecule has 406 valence electrons. The normalized spacial score (nSPS) is 12.1. The van der Waals surface area contributed by atoms with E-state index in [0.29, 0.717) is 5.82 Å². The van der Waals surface area contributed by atoms with E-state index in [1.165, 1.54) is 27.5 Å². The number of fused-ring (bicyclic) bond motifs is 4. The minimum absolute atomic E-state index is 0.0677. The van der Waals surface area contributed by atoms with Gasteiger partial charge in [0.1, 0.15) is 0 Å². The topological polar surface area (TPSA) is 32.3 Å². The second kappa shape index (κ2) is 22.0. The van der Waals surface area contributed by atoms with Gasteiger partial charge in [-0.05, 0) is 174 Å². The van der Waals surface area contributed by atoms with Crippen LogP contribution < -0.4 is 26.2 Å². The van der Waals surface area contributed by atoms with Gasteiger partial charge in [-0.2, -0.15) is 0 Å². The molecule has 14 aromatic rings. The lowest BCUT2D eigenvalue weighted by atomic mass is 9.33. The summed E-state index contributed by atoms with van der Waals surface area (Å²) in [5.74, 6) is 0.630. The Bertz CT molecular complexity index is 4410. The maximum Gasteiger partial charge on any atom is 0.252 e. The van der Waals surface area contributed by atoms with E-state index in [-0.39, 0.29) is 6.71 Å². The molecule has 0 bridgehead atoms. The predicted molar refractivity (Wildman–Crippen MR) is 365 cm³/mol. The summed E-state index contributed by atoms with van der Waals surface area (Å²) in [7, 11) is 0. The number of hydrogen-bond acceptors (Lipinski definition) is 4. The summed E-state index contributed by atoms with van der Waals surface area (Å²) < 4.78 is 0. The SMILES string of the molecule is c1ccc(-c2ccc(N3c4ccccc4B4c5ccccc5N(c5ccc(-c6ccccc6)cc5)c5cc(-c6cc(-c7cc(-c8ccccc8)cc(-c8ccccc8)c7)nc(-c7cc(-c8ccccc8)cc(-c8ccccc8)c7)n6)cc3c54)cc2)cc1. The minimum Gasteiger partial charge on any atom is -0.311 e. The lowest BCUT2D eigenvalue weighted by molar-refractivity contribution is 1.18. The molecule has 5 heteroatoms. The third-order valence-electron chi connectivity index (χ3n) is 17.2. The summed E-state index contributed by atoms with van der Waals surface area (Å²) in [4.78, 5) is 16.5. The van der Waals surface area contributed by atoms with Gasteiger partial charge < -0.3 is 9.80 Å². The van der Waals surface area contributed by atoms with Gasteiger partial charge in [0.15, 0.2) is 5.82 Å². The van der Waals surface area contributed by atoms with E-state index in [1.54, 1.807) is 0 Å². The van der Waals surface area contributed by atoms with Crippen molar-refractivity contribution in [1.29, 1.82) is 0 Å². The van der Waals surface area contributed by atoms with Gasteiger partial charge in [-0.15, -0.1) is 0 Å². The van der Waals surface area contributed by atoms with E-state index >= 15 is 0 Å². The van der Waals surface area contributed by atoms with Crippen molar-refractivity contribution in [2.24, 2.45) is 0 Å². The molecule has 87 heavy (non-hydrogen) atoms. The molecule has 2 aliphatic rings. The summed E-state index contributed by atoms with van der Waals surface area (Å²) in [5.41, 5.74) is 28.4. The number of rotatable bonds is 11. The Kier molecular flexibility index (Phi) is 13.0. The Morgan fingerprint density at radius 1 is 0.207 bits per heavy atom. The van der Waals surface area contributed by atoms with Crippen LogP contribution in [0.15, 0.2) is 334 Å². The first-order chi connectivity index (χ1) is 43.1. The van der Waals surface area contributed by atoms with E-state index in [9.17, 15) is 0 Å². The van der Waals surface area contributed by atoms with Crippen molar-refractivity contribution in [3.63, 3.8) is 0 Å². The number of nitrogens with zero attached hydrogens (tertiary/aromatic N) is 4. The molecular formula is C82H55BN4. The Hall–Kier alpha value is -11.4. The highest BCUT2D eigenvalue weighted by atomic mass is 15.2. The van der Waals surface area contributed by atoms with Crippen LogP contribution in [0.1, 0.15) is 0 Å². The monoisotopic (exact) mass is 1110 g/mol. The quantitative estimate of drug-likeness (QED) is 0.121. The molecule has 0 N–H and O–H groups in total. The molecule has 0 atom stereocenters. The van der Waals surface area contributed by atoms with Crippen molar-refractivity contribution < 1.29 is 0 Å². The molecule has 4 nitrogen and oxygen atoms in total. The van der Waals surface area contributed by atoms with Gasteiger partial charge in [0.25, 0.3) is 6.71 Å². The highest BCUT2D eigenvalue weighted by Gasteiger charge is 2.43. The first-order valence-electron chi connectivity index (χ1n) is 29.8. The summed E-state index contributed by atoms with van der Waals surface area (Å²) >= 11 is 0. The highest BCUT2D eigenvalue weighted by molar-refractivity contribution is 7.00. The van der Waals surface area contributed by atoms with Crippen LogP contribution >= 0.6 is 0 Å². The average molecular weight is 1110 g/mol. The van der Waals surface area contributed by atoms with Gasteiger partial charge >= 0.3 is 0 Å². The van der Waals surface area contributed by atoms with Crippen LogP contribution in [-0.2, 0) is 0 Å². The first kappa shape index (κ1) is 51.3. The third kappa shape index (κ3) is 9.58. The highest BCUT2D eigenvalue weighted by Crippen LogP contribution is 2.47. The van der Waals surface area contributed by atoms with Gasteiger partial charge in [0.2, 0.25) is 0 Å². The van der Waals surface area contributed by atoms with E-state index in [2.05, 4.69) is 343 Å². The predicted octanol–water partition coefficient (Wildman–Crippen LogP) is 19.6. The molecule has 0 saturated heterocycles. The summed E-state index contributed by atoms with van der Waals surface area (Å²) in [6.07, 6.45) is 0. The van der Waals surface area contributed by atoms with Crippen LogP contribution in [0, 0.1) is 0 Å². The Balaban J connectivity index is 0.978. The third-order valence-corrected chi connectivity index (χ3v) is 17.2. The zero-order valence-electron chi connectivity index (χ0n) is 47.6. The van der Waals surface area contributed by atoms with Crippen molar-refractivity contribution in [1.82, 2.24) is 9.97 Å². The number of hydrogen-bond donors (Lipinski definition) is 0. The van der Waals surface area contributed by atoms with Gasteiger partial charge in [-0.1, -0.05) is 243 Å². The standard InChI is InChI=1S/C82H55BN4/c1-7-23-56(24-8-1)62-39-43-71(44-40-62)86-77-37-21-19-35-73(77)83-74-36-20-22-38-78(74)87(72-45-41-63(42-46-72)57-25-9-2-10-26-57)80-54-69(53-79(86)81(80)83)76-55-75(68-49-64(58-27-11-3-12-28-58)47-65(50-68)59-29-13-4-14-30-59)84-82(85-76)70-51-66(60-31-15-5-16-32-60)48-67(52-70)61-33-17-6-18-34-61/h1-55H. The number of para-hydroxylation sites is 2. The lowest BCUT2D eigenvalue weighted by Gasteiger charge is -2.44. The Labute approximate surface area is 508 Å². The second-order valence-electron chi connectivity index (χ2n) is 22.5. The summed E-state index contributed by atoms with van der Waals surface area (Å²) in [6.45, 7) is -0.0677. The number of anilines is 6. The zero-order chi connectivity index (χ0) is 57.6. The number of benzene rings is 13. The van der Waals surface area contributed by atoms with Crippen LogP contribution in [0.2, 0.25) is 0 Å². The van der Waals surface area contributed by atoms with Crippen LogP contribution in [0.25, 0.3) is 101 Å². The molecule has 0 unspecified atom stereocenters. The van der Waals surface area contributed by atoms with E-state index < -0.39 is 0 Å². The van der Waals surface area contributed by atoms with E-state index in [0.717, 1.165) is 118 Å². The smallest absolute Gasteiger partial charge is 0.252 e. The molecular weight excluding hydrogens is 1050 g/mol. The molecule has 1 aromatic heterocycles. The van der Waals surface area contributed by atoms with Crippen molar-refractivity contribution in [2.45, 2.75) is 0 Å². The Morgan fingerprint density at radius 2 is 0.483 bits per heavy atom. The van der Waals surface area contributed by atoms with E-state index in [4.69, 9.17) is 9.97 Å². The molecule has 3 heterocycles. The van der Waals surface area contributed by atoms with Gasteiger partial charge in [-0.3, -0.25) is 0 Å². The molecule has 0 spiro atoms. The Morgan fingerprint density at radius 3 is 0.839 bits per heavy atom. The second-order valence-corrected chi connectivity index (χ2v) is 22.5. The van der Waals surface area contributed by atoms with Crippen molar-refractivity contribution in [3.05, 3.63) is 334 Å². The van der Waals surface area contributed by atoms with Gasteiger partial charge in [0.05, 0.1) is 11.4 Å². The maximum absolute atomic E-state index is 5.82. The molecule has 2 aliphatic heterocycles. The van der Waals surface area contributed by atoms with Crippen molar-refractivity contribution >= 4 is 57.2 Å².